The highest BCUT2D eigenvalue weighted by molar-refractivity contribution is 7.99. The summed E-state index contributed by atoms with van der Waals surface area (Å²) in [5.74, 6) is 1.58. The third kappa shape index (κ3) is 4.60. The van der Waals surface area contributed by atoms with Crippen LogP contribution in [0.3, 0.4) is 0 Å². The van der Waals surface area contributed by atoms with Crippen molar-refractivity contribution in [2.75, 3.05) is 24.6 Å². The first-order valence-corrected chi connectivity index (χ1v) is 8.15. The number of carboxylic acids is 1. The van der Waals surface area contributed by atoms with Gasteiger partial charge in [-0.15, -0.1) is 0 Å². The first-order chi connectivity index (χ1) is 9.15. The topological polar surface area (TPSA) is 69.6 Å². The van der Waals surface area contributed by atoms with Gasteiger partial charge in [-0.1, -0.05) is 0 Å². The third-order valence-corrected chi connectivity index (χ3v) is 4.87. The molecule has 0 aliphatic carbocycles. The molecule has 0 radical (unpaired) electrons. The average Bonchev–Trinajstić information content (AvgIpc) is 2.39. The zero-order valence-corrected chi connectivity index (χ0v) is 12.0. The number of aliphatic carboxylic acids is 1. The molecule has 2 fully saturated rings. The molecule has 5 nitrogen and oxygen atoms in total. The van der Waals surface area contributed by atoms with Gasteiger partial charge in [-0.2, -0.15) is 11.8 Å². The quantitative estimate of drug-likeness (QED) is 0.829. The SMILES string of the molecule is O=C(O)CC1CCCN(C(=O)NC2CCSCC2)C1. The molecule has 6 heteroatoms. The summed E-state index contributed by atoms with van der Waals surface area (Å²) in [4.78, 5) is 24.7. The van der Waals surface area contributed by atoms with E-state index >= 15 is 0 Å². The fourth-order valence-corrected chi connectivity index (χ4v) is 3.88. The molecular weight excluding hydrogens is 264 g/mol. The summed E-state index contributed by atoms with van der Waals surface area (Å²) in [6.07, 6.45) is 4.08. The molecule has 0 saturated carbocycles. The molecule has 2 aliphatic heterocycles. The smallest absolute Gasteiger partial charge is 0.317 e. The molecule has 0 aromatic carbocycles. The Morgan fingerprint density at radius 2 is 2.00 bits per heavy atom. The first-order valence-electron chi connectivity index (χ1n) is 7.00. The lowest BCUT2D eigenvalue weighted by atomic mass is 9.95. The number of carbonyl (C=O) groups is 2. The number of nitrogens with one attached hydrogen (secondary N) is 1. The van der Waals surface area contributed by atoms with Gasteiger partial charge in [0.1, 0.15) is 0 Å². The Labute approximate surface area is 118 Å². The standard InChI is InChI=1S/C13H22N2O3S/c16-12(17)8-10-2-1-5-15(9-10)13(18)14-11-3-6-19-7-4-11/h10-11H,1-9H2,(H,14,18)(H,16,17). The lowest BCUT2D eigenvalue weighted by molar-refractivity contribution is -0.138. The first kappa shape index (κ1) is 14.5. The van der Waals surface area contributed by atoms with E-state index in [9.17, 15) is 9.59 Å². The molecular formula is C13H22N2O3S. The maximum Gasteiger partial charge on any atom is 0.317 e. The Morgan fingerprint density at radius 1 is 1.26 bits per heavy atom. The highest BCUT2D eigenvalue weighted by Crippen LogP contribution is 2.21. The van der Waals surface area contributed by atoms with Crippen LogP contribution in [-0.4, -0.2) is 52.6 Å². The van der Waals surface area contributed by atoms with Crippen LogP contribution in [0, 0.1) is 5.92 Å². The van der Waals surface area contributed by atoms with E-state index in [4.69, 9.17) is 5.11 Å². The maximum atomic E-state index is 12.2. The van der Waals surface area contributed by atoms with E-state index in [1.165, 1.54) is 0 Å². The molecule has 0 aromatic heterocycles. The summed E-state index contributed by atoms with van der Waals surface area (Å²) in [6.45, 7) is 1.34. The Balaban J connectivity index is 1.79. The van der Waals surface area contributed by atoms with Crippen molar-refractivity contribution in [3.63, 3.8) is 0 Å². The maximum absolute atomic E-state index is 12.2. The van der Waals surface area contributed by atoms with E-state index in [0.717, 1.165) is 43.7 Å². The molecule has 0 spiro atoms. The van der Waals surface area contributed by atoms with Crippen molar-refractivity contribution in [2.45, 2.75) is 38.1 Å². The van der Waals surface area contributed by atoms with Gasteiger partial charge in [0.15, 0.2) is 0 Å². The van der Waals surface area contributed by atoms with Gasteiger partial charge in [-0.05, 0) is 43.1 Å². The summed E-state index contributed by atoms with van der Waals surface area (Å²) in [5.41, 5.74) is 0. The fraction of sp³-hybridized carbons (Fsp3) is 0.846. The van der Waals surface area contributed by atoms with Crippen molar-refractivity contribution in [2.24, 2.45) is 5.92 Å². The summed E-state index contributed by atoms with van der Waals surface area (Å²) >= 11 is 1.94. The molecule has 1 unspecified atom stereocenters. The average molecular weight is 286 g/mol. The van der Waals surface area contributed by atoms with E-state index in [-0.39, 0.29) is 18.4 Å². The molecule has 2 rings (SSSR count). The van der Waals surface area contributed by atoms with Crippen molar-refractivity contribution in [1.29, 1.82) is 0 Å². The largest absolute Gasteiger partial charge is 0.481 e. The van der Waals surface area contributed by atoms with Crippen molar-refractivity contribution in [3.8, 4) is 0 Å². The highest BCUT2D eigenvalue weighted by Gasteiger charge is 2.26. The molecule has 2 N–H and O–H groups in total. The van der Waals surface area contributed by atoms with Crippen LogP contribution < -0.4 is 5.32 Å². The Kier molecular flexibility index (Phi) is 5.36. The molecule has 2 saturated heterocycles. The minimum absolute atomic E-state index is 0.00742. The molecule has 19 heavy (non-hydrogen) atoms. The minimum Gasteiger partial charge on any atom is -0.481 e. The molecule has 0 aromatic rings. The van der Waals surface area contributed by atoms with Crippen LogP contribution in [0.4, 0.5) is 4.79 Å². The number of urea groups is 1. The number of amides is 2. The Morgan fingerprint density at radius 3 is 2.68 bits per heavy atom. The van der Waals surface area contributed by atoms with E-state index in [2.05, 4.69) is 5.32 Å². The molecule has 2 amide bonds. The van der Waals surface area contributed by atoms with Crippen LogP contribution in [0.5, 0.6) is 0 Å². The van der Waals surface area contributed by atoms with Crippen LogP contribution in [0.25, 0.3) is 0 Å². The van der Waals surface area contributed by atoms with E-state index in [0.29, 0.717) is 12.6 Å². The third-order valence-electron chi connectivity index (χ3n) is 3.82. The van der Waals surface area contributed by atoms with E-state index < -0.39 is 5.97 Å². The molecule has 2 aliphatic rings. The lowest BCUT2D eigenvalue weighted by Gasteiger charge is -2.34. The zero-order valence-electron chi connectivity index (χ0n) is 11.1. The molecule has 2 heterocycles. The Bertz CT molecular complexity index is 332. The minimum atomic E-state index is -0.767. The van der Waals surface area contributed by atoms with Crippen molar-refractivity contribution in [3.05, 3.63) is 0 Å². The van der Waals surface area contributed by atoms with Crippen molar-refractivity contribution < 1.29 is 14.7 Å². The van der Waals surface area contributed by atoms with Crippen LogP contribution in [0.1, 0.15) is 32.1 Å². The van der Waals surface area contributed by atoms with Gasteiger partial charge in [0, 0.05) is 25.6 Å². The van der Waals surface area contributed by atoms with Gasteiger partial charge in [0.05, 0.1) is 0 Å². The molecule has 0 bridgehead atoms. The van der Waals surface area contributed by atoms with Gasteiger partial charge in [0.2, 0.25) is 0 Å². The second kappa shape index (κ2) is 7.03. The second-order valence-corrected chi connectivity index (χ2v) is 6.61. The summed E-state index contributed by atoms with van der Waals surface area (Å²) < 4.78 is 0. The number of thioether (sulfide) groups is 1. The zero-order chi connectivity index (χ0) is 13.7. The lowest BCUT2D eigenvalue weighted by Crippen LogP contribution is -2.49. The number of rotatable bonds is 3. The predicted molar refractivity (Wildman–Crippen MR) is 75.4 cm³/mol. The summed E-state index contributed by atoms with van der Waals surface area (Å²) in [5, 5.41) is 11.9. The Hall–Kier alpha value is -0.910. The summed E-state index contributed by atoms with van der Waals surface area (Å²) in [7, 11) is 0. The number of piperidine rings is 1. The van der Waals surface area contributed by atoms with Gasteiger partial charge in [-0.3, -0.25) is 4.79 Å². The number of hydrogen-bond acceptors (Lipinski definition) is 3. The normalized spacial score (nSPS) is 25.1. The number of carbonyl (C=O) groups excluding carboxylic acids is 1. The van der Waals surface area contributed by atoms with Crippen LogP contribution >= 0.6 is 11.8 Å². The van der Waals surface area contributed by atoms with Crippen LogP contribution in [0.15, 0.2) is 0 Å². The van der Waals surface area contributed by atoms with E-state index in [1.807, 2.05) is 11.8 Å². The van der Waals surface area contributed by atoms with Crippen LogP contribution in [0.2, 0.25) is 0 Å². The van der Waals surface area contributed by atoms with Gasteiger partial charge >= 0.3 is 12.0 Å². The molecule has 1 atom stereocenters. The molecule has 108 valence electrons. The fourth-order valence-electron chi connectivity index (χ4n) is 2.77. The van der Waals surface area contributed by atoms with Crippen molar-refractivity contribution in [1.82, 2.24) is 10.2 Å². The monoisotopic (exact) mass is 286 g/mol. The number of nitrogens with zero attached hydrogens (tertiary/aromatic N) is 1. The van der Waals surface area contributed by atoms with Crippen molar-refractivity contribution >= 4 is 23.8 Å². The number of carboxylic acid groups (broad SMARTS) is 1. The van der Waals surface area contributed by atoms with Gasteiger partial charge in [-0.25, -0.2) is 4.79 Å². The summed E-state index contributed by atoms with van der Waals surface area (Å²) in [6, 6.07) is 0.292. The second-order valence-electron chi connectivity index (χ2n) is 5.39. The van der Waals surface area contributed by atoms with Gasteiger partial charge in [0.25, 0.3) is 0 Å². The van der Waals surface area contributed by atoms with Gasteiger partial charge < -0.3 is 15.3 Å². The number of hydrogen-bond donors (Lipinski definition) is 2. The van der Waals surface area contributed by atoms with E-state index in [1.54, 1.807) is 4.90 Å². The number of likely N-dealkylation sites (tertiary alicyclic amines) is 1. The predicted octanol–water partition coefficient (Wildman–Crippen LogP) is 1.78. The highest BCUT2D eigenvalue weighted by atomic mass is 32.2. The van der Waals surface area contributed by atoms with Crippen LogP contribution in [-0.2, 0) is 4.79 Å².